The Balaban J connectivity index is 1.85. The van der Waals surface area contributed by atoms with E-state index in [0.717, 1.165) is 16.3 Å². The number of nitrogens with two attached hydrogens (primary N) is 1. The number of primary amides is 1. The molecule has 0 radical (unpaired) electrons. The third-order valence-electron chi connectivity index (χ3n) is 3.81. The Bertz CT molecular complexity index is 630. The second kappa shape index (κ2) is 5.30. The van der Waals surface area contributed by atoms with Crippen molar-refractivity contribution in [2.45, 2.75) is 13.2 Å². The van der Waals surface area contributed by atoms with Crippen LogP contribution in [0.4, 0.5) is 5.69 Å². The van der Waals surface area contributed by atoms with Gasteiger partial charge in [-0.25, -0.2) is 0 Å². The van der Waals surface area contributed by atoms with Gasteiger partial charge in [-0.1, -0.05) is 17.7 Å². The van der Waals surface area contributed by atoms with Crippen LogP contribution in [0, 0.1) is 6.92 Å². The zero-order chi connectivity index (χ0) is 15.9. The number of aryl methyl sites for hydroxylation is 1. The maximum absolute atomic E-state index is 12.1. The molecular weight excluding hydrogens is 286 g/mol. The summed E-state index contributed by atoms with van der Waals surface area (Å²) in [5.74, 6) is -2.07. The fraction of sp³-hybridized carbons (Fsp3) is 0.357. The van der Waals surface area contributed by atoms with Gasteiger partial charge in [0.25, 0.3) is 0 Å². The minimum Gasteiger partial charge on any atom is -0.368 e. The number of hydrazine groups is 1. The number of anilines is 1. The van der Waals surface area contributed by atoms with Gasteiger partial charge in [0.2, 0.25) is 5.91 Å². The lowest BCUT2D eigenvalue weighted by molar-refractivity contribution is -0.163. The predicted molar refractivity (Wildman–Crippen MR) is 78.1 cm³/mol. The highest BCUT2D eigenvalue weighted by Gasteiger charge is 2.45. The van der Waals surface area contributed by atoms with E-state index in [9.17, 15) is 14.4 Å². The average Bonchev–Trinajstić information content (AvgIpc) is 2.88. The number of benzene rings is 1. The van der Waals surface area contributed by atoms with Crippen LogP contribution in [0.25, 0.3) is 0 Å². The van der Waals surface area contributed by atoms with Gasteiger partial charge < -0.3 is 10.6 Å². The van der Waals surface area contributed by atoms with Crippen molar-refractivity contribution in [2.24, 2.45) is 5.73 Å². The summed E-state index contributed by atoms with van der Waals surface area (Å²) in [7, 11) is 0. The lowest BCUT2D eigenvalue weighted by Crippen LogP contribution is -2.68. The molecule has 3 amide bonds. The van der Waals surface area contributed by atoms with Gasteiger partial charge in [0.1, 0.15) is 6.54 Å². The van der Waals surface area contributed by atoms with Crippen LogP contribution in [0.2, 0.25) is 0 Å². The minimum absolute atomic E-state index is 0.337. The SMILES string of the molecule is Cc1ccc(N2CCN3C(=O)C(=O)N(CC(N)=O)NC32)cc1. The monoisotopic (exact) mass is 303 g/mol. The normalized spacial score (nSPS) is 21.3. The molecule has 3 N–H and O–H groups in total. The van der Waals surface area contributed by atoms with E-state index >= 15 is 0 Å². The molecule has 0 saturated carbocycles. The maximum atomic E-state index is 12.1. The summed E-state index contributed by atoms with van der Waals surface area (Å²) in [6.07, 6.45) is -0.493. The van der Waals surface area contributed by atoms with E-state index in [2.05, 4.69) is 5.43 Å². The van der Waals surface area contributed by atoms with Crippen LogP contribution in [-0.4, -0.2) is 53.6 Å². The van der Waals surface area contributed by atoms with Crippen LogP contribution in [-0.2, 0) is 14.4 Å². The Morgan fingerprint density at radius 1 is 1.18 bits per heavy atom. The number of fused-ring (bicyclic) bond motifs is 1. The van der Waals surface area contributed by atoms with Crippen molar-refractivity contribution < 1.29 is 14.4 Å². The molecule has 22 heavy (non-hydrogen) atoms. The molecule has 2 fully saturated rings. The summed E-state index contributed by atoms with van der Waals surface area (Å²) >= 11 is 0. The summed E-state index contributed by atoms with van der Waals surface area (Å²) < 4.78 is 0. The van der Waals surface area contributed by atoms with Crippen LogP contribution in [0.3, 0.4) is 0 Å². The Kier molecular flexibility index (Phi) is 3.45. The summed E-state index contributed by atoms with van der Waals surface area (Å²) in [4.78, 5) is 38.6. The number of carbonyl (C=O) groups is 3. The molecule has 8 nitrogen and oxygen atoms in total. The second-order valence-electron chi connectivity index (χ2n) is 5.39. The van der Waals surface area contributed by atoms with E-state index in [1.54, 1.807) is 0 Å². The lowest BCUT2D eigenvalue weighted by Gasteiger charge is -2.39. The van der Waals surface area contributed by atoms with Crippen LogP contribution >= 0.6 is 0 Å². The molecule has 0 aromatic heterocycles. The summed E-state index contributed by atoms with van der Waals surface area (Å²) in [6.45, 7) is 2.71. The van der Waals surface area contributed by atoms with Crippen molar-refractivity contribution in [3.63, 3.8) is 0 Å². The van der Waals surface area contributed by atoms with Gasteiger partial charge in [-0.3, -0.25) is 24.3 Å². The largest absolute Gasteiger partial charge is 0.368 e. The molecule has 1 unspecified atom stereocenters. The number of amides is 3. The Labute approximate surface area is 127 Å². The highest BCUT2D eigenvalue weighted by atomic mass is 16.2. The number of carbonyl (C=O) groups excluding carboxylic acids is 3. The molecule has 1 aromatic rings. The first-order chi connectivity index (χ1) is 10.5. The number of hydrogen-bond donors (Lipinski definition) is 2. The molecular formula is C14H17N5O3. The van der Waals surface area contributed by atoms with E-state index in [1.165, 1.54) is 4.90 Å². The summed E-state index contributed by atoms with van der Waals surface area (Å²) in [5, 5.41) is 0.984. The van der Waals surface area contributed by atoms with Gasteiger partial charge in [0, 0.05) is 18.8 Å². The average molecular weight is 303 g/mol. The second-order valence-corrected chi connectivity index (χ2v) is 5.39. The van der Waals surface area contributed by atoms with Gasteiger partial charge in [-0.15, -0.1) is 0 Å². The van der Waals surface area contributed by atoms with Gasteiger partial charge in [-0.2, -0.15) is 5.43 Å². The zero-order valence-electron chi connectivity index (χ0n) is 12.2. The van der Waals surface area contributed by atoms with Gasteiger partial charge >= 0.3 is 11.8 Å². The van der Waals surface area contributed by atoms with E-state index in [4.69, 9.17) is 5.73 Å². The van der Waals surface area contributed by atoms with Crippen LogP contribution in [0.1, 0.15) is 5.56 Å². The molecule has 2 heterocycles. The fourth-order valence-corrected chi connectivity index (χ4v) is 2.70. The molecule has 116 valence electrons. The topological polar surface area (TPSA) is 99.0 Å². The molecule has 0 aliphatic carbocycles. The van der Waals surface area contributed by atoms with Crippen molar-refractivity contribution in [1.29, 1.82) is 0 Å². The molecule has 2 saturated heterocycles. The van der Waals surface area contributed by atoms with Crippen molar-refractivity contribution in [1.82, 2.24) is 15.3 Å². The quantitative estimate of drug-likeness (QED) is 0.681. The molecule has 2 aliphatic heterocycles. The molecule has 8 heteroatoms. The number of hydrogen-bond acceptors (Lipinski definition) is 5. The Morgan fingerprint density at radius 2 is 1.82 bits per heavy atom. The third-order valence-corrected chi connectivity index (χ3v) is 3.81. The van der Waals surface area contributed by atoms with E-state index in [1.807, 2.05) is 36.1 Å². The molecule has 1 aromatic carbocycles. The standard InChI is InChI=1S/C14H17N5O3/c1-9-2-4-10(5-3-9)17-6-7-18-12(21)13(22)19(8-11(15)20)16-14(17)18/h2-5,14,16H,6-8H2,1H3,(H2,15,20). The van der Waals surface area contributed by atoms with E-state index in [-0.39, 0.29) is 6.54 Å². The van der Waals surface area contributed by atoms with Gasteiger partial charge in [0.05, 0.1) is 0 Å². The van der Waals surface area contributed by atoms with Crippen molar-refractivity contribution in [3.05, 3.63) is 29.8 Å². The third kappa shape index (κ3) is 2.37. The van der Waals surface area contributed by atoms with Crippen LogP contribution < -0.4 is 16.1 Å². The molecule has 0 spiro atoms. The first-order valence-corrected chi connectivity index (χ1v) is 6.97. The molecule has 1 atom stereocenters. The number of nitrogens with one attached hydrogen (secondary N) is 1. The summed E-state index contributed by atoms with van der Waals surface area (Å²) in [5.41, 5.74) is 10.1. The van der Waals surface area contributed by atoms with Crippen molar-refractivity contribution in [2.75, 3.05) is 24.5 Å². The van der Waals surface area contributed by atoms with Crippen molar-refractivity contribution in [3.8, 4) is 0 Å². The fourth-order valence-electron chi connectivity index (χ4n) is 2.70. The van der Waals surface area contributed by atoms with E-state index in [0.29, 0.717) is 13.1 Å². The molecule has 0 bridgehead atoms. The van der Waals surface area contributed by atoms with Crippen molar-refractivity contribution >= 4 is 23.4 Å². The number of rotatable bonds is 3. The zero-order valence-corrected chi connectivity index (χ0v) is 12.2. The Morgan fingerprint density at radius 3 is 2.45 bits per heavy atom. The lowest BCUT2D eigenvalue weighted by atomic mass is 10.2. The first kappa shape index (κ1) is 14.3. The smallest absolute Gasteiger partial charge is 0.326 e. The first-order valence-electron chi connectivity index (χ1n) is 6.97. The minimum atomic E-state index is -0.763. The van der Waals surface area contributed by atoms with Crippen LogP contribution in [0.5, 0.6) is 0 Å². The van der Waals surface area contributed by atoms with Crippen LogP contribution in [0.15, 0.2) is 24.3 Å². The number of nitrogens with zero attached hydrogens (tertiary/aromatic N) is 3. The Hall–Kier alpha value is -2.61. The van der Waals surface area contributed by atoms with Gasteiger partial charge in [-0.05, 0) is 19.1 Å². The maximum Gasteiger partial charge on any atom is 0.326 e. The van der Waals surface area contributed by atoms with E-state index < -0.39 is 24.0 Å². The molecule has 2 aliphatic rings. The summed E-state index contributed by atoms with van der Waals surface area (Å²) in [6, 6.07) is 7.88. The van der Waals surface area contributed by atoms with Gasteiger partial charge in [0.15, 0.2) is 6.29 Å². The highest BCUT2D eigenvalue weighted by Crippen LogP contribution is 2.25. The highest BCUT2D eigenvalue weighted by molar-refractivity contribution is 6.35. The predicted octanol–water partition coefficient (Wildman–Crippen LogP) is -1.24. The molecule has 3 rings (SSSR count).